The fourth-order valence-electron chi connectivity index (χ4n) is 2.68. The molecule has 0 aliphatic carbocycles. The van der Waals surface area contributed by atoms with Crippen molar-refractivity contribution in [2.75, 3.05) is 7.11 Å². The minimum atomic E-state index is -0.472. The van der Waals surface area contributed by atoms with Gasteiger partial charge in [0, 0.05) is 5.56 Å². The van der Waals surface area contributed by atoms with E-state index in [9.17, 15) is 9.59 Å². The molecule has 0 bridgehead atoms. The Kier molecular flexibility index (Phi) is 4.83. The van der Waals surface area contributed by atoms with Crippen LogP contribution in [0.15, 0.2) is 24.3 Å². The molecule has 1 aliphatic rings. The predicted octanol–water partition coefficient (Wildman–Crippen LogP) is 1.71. The van der Waals surface area contributed by atoms with Crippen LogP contribution in [-0.2, 0) is 16.1 Å². The first kappa shape index (κ1) is 15.4. The maximum atomic E-state index is 12.4. The molecule has 0 spiro atoms. The molecule has 2 amide bonds. The van der Waals surface area contributed by atoms with Crippen LogP contribution < -0.4 is 10.1 Å². The van der Waals surface area contributed by atoms with Crippen molar-refractivity contribution in [3.63, 3.8) is 0 Å². The highest BCUT2D eigenvalue weighted by Crippen LogP contribution is 2.23. The highest BCUT2D eigenvalue weighted by atomic mass is 16.5. The second-order valence-corrected chi connectivity index (χ2v) is 5.31. The van der Waals surface area contributed by atoms with Crippen LogP contribution in [0.25, 0.3) is 0 Å². The van der Waals surface area contributed by atoms with E-state index in [4.69, 9.17) is 4.74 Å². The van der Waals surface area contributed by atoms with E-state index >= 15 is 0 Å². The first-order valence-corrected chi connectivity index (χ1v) is 7.31. The summed E-state index contributed by atoms with van der Waals surface area (Å²) in [5.74, 6) is 0.622. The van der Waals surface area contributed by atoms with Gasteiger partial charge in [-0.1, -0.05) is 31.5 Å². The highest BCUT2D eigenvalue weighted by Gasteiger charge is 2.38. The molecule has 2 atom stereocenters. The van der Waals surface area contributed by atoms with Gasteiger partial charge in [0.15, 0.2) is 0 Å². The first-order chi connectivity index (χ1) is 10.1. The fourth-order valence-corrected chi connectivity index (χ4v) is 2.68. The summed E-state index contributed by atoms with van der Waals surface area (Å²) in [5, 5.41) is 2.75. The van der Waals surface area contributed by atoms with Gasteiger partial charge < -0.3 is 15.0 Å². The van der Waals surface area contributed by atoms with Crippen molar-refractivity contribution in [2.45, 2.75) is 45.3 Å². The topological polar surface area (TPSA) is 58.6 Å². The Morgan fingerprint density at radius 1 is 1.29 bits per heavy atom. The number of ether oxygens (including phenoxy) is 1. The van der Waals surface area contributed by atoms with Crippen molar-refractivity contribution in [1.29, 1.82) is 0 Å². The molecule has 21 heavy (non-hydrogen) atoms. The van der Waals surface area contributed by atoms with E-state index in [0.29, 0.717) is 13.0 Å². The number of nitrogens with one attached hydrogen (secondary N) is 1. The van der Waals surface area contributed by atoms with Crippen LogP contribution in [0.3, 0.4) is 0 Å². The zero-order chi connectivity index (χ0) is 15.4. The maximum Gasteiger partial charge on any atom is 0.245 e. The van der Waals surface area contributed by atoms with Gasteiger partial charge in [0.25, 0.3) is 0 Å². The second-order valence-electron chi connectivity index (χ2n) is 5.31. The number of carbonyl (C=O) groups is 2. The van der Waals surface area contributed by atoms with E-state index in [-0.39, 0.29) is 11.8 Å². The predicted molar refractivity (Wildman–Crippen MR) is 79.8 cm³/mol. The molecule has 1 N–H and O–H groups in total. The van der Waals surface area contributed by atoms with Crippen LogP contribution >= 0.6 is 0 Å². The number of piperazine rings is 1. The molecular weight excluding hydrogens is 268 g/mol. The fraction of sp³-hybridized carbons (Fsp3) is 0.500. The van der Waals surface area contributed by atoms with Gasteiger partial charge in [0.2, 0.25) is 11.8 Å². The van der Waals surface area contributed by atoms with Gasteiger partial charge in [0.05, 0.1) is 13.7 Å². The van der Waals surface area contributed by atoms with Crippen molar-refractivity contribution in [3.05, 3.63) is 29.8 Å². The molecule has 2 rings (SSSR count). The number of methoxy groups -OCH3 is 1. The van der Waals surface area contributed by atoms with Gasteiger partial charge in [-0.15, -0.1) is 0 Å². The van der Waals surface area contributed by atoms with Crippen molar-refractivity contribution in [3.8, 4) is 5.75 Å². The average molecular weight is 290 g/mol. The number of benzene rings is 1. The van der Waals surface area contributed by atoms with Gasteiger partial charge in [-0.3, -0.25) is 9.59 Å². The van der Waals surface area contributed by atoms with Crippen molar-refractivity contribution in [1.82, 2.24) is 10.2 Å². The van der Waals surface area contributed by atoms with Gasteiger partial charge in [0.1, 0.15) is 17.8 Å². The zero-order valence-corrected chi connectivity index (χ0v) is 12.8. The smallest absolute Gasteiger partial charge is 0.245 e. The lowest BCUT2D eigenvalue weighted by molar-refractivity contribution is -0.149. The molecule has 1 aromatic rings. The number of hydrogen-bond acceptors (Lipinski definition) is 3. The third kappa shape index (κ3) is 3.17. The molecule has 0 radical (unpaired) electrons. The lowest BCUT2D eigenvalue weighted by Crippen LogP contribution is -2.61. The van der Waals surface area contributed by atoms with E-state index in [0.717, 1.165) is 17.7 Å². The minimum Gasteiger partial charge on any atom is -0.496 e. The van der Waals surface area contributed by atoms with Crippen LogP contribution in [0.5, 0.6) is 5.75 Å². The molecule has 1 fully saturated rings. The second kappa shape index (κ2) is 6.61. The summed E-state index contributed by atoms with van der Waals surface area (Å²) in [7, 11) is 1.61. The van der Waals surface area contributed by atoms with E-state index in [2.05, 4.69) is 5.32 Å². The standard InChI is InChI=1S/C16H22N2O3/c1-4-7-13-15(19)17-11(2)16(20)18(13)10-12-8-5-6-9-14(12)21-3/h5-6,8-9,11,13H,4,7,10H2,1-3H3,(H,17,19). The minimum absolute atomic E-state index is 0.0426. The summed E-state index contributed by atoms with van der Waals surface area (Å²) in [6, 6.07) is 6.71. The van der Waals surface area contributed by atoms with Crippen LogP contribution in [0, 0.1) is 0 Å². The summed E-state index contributed by atoms with van der Waals surface area (Å²) in [4.78, 5) is 26.3. The summed E-state index contributed by atoms with van der Waals surface area (Å²) in [6.07, 6.45) is 1.52. The Morgan fingerprint density at radius 3 is 2.67 bits per heavy atom. The molecule has 5 heteroatoms. The largest absolute Gasteiger partial charge is 0.496 e. The number of para-hydroxylation sites is 1. The van der Waals surface area contributed by atoms with Crippen molar-refractivity contribution >= 4 is 11.8 Å². The third-order valence-electron chi connectivity index (χ3n) is 3.79. The molecule has 0 saturated carbocycles. The quantitative estimate of drug-likeness (QED) is 0.898. The van der Waals surface area contributed by atoms with E-state index in [1.54, 1.807) is 18.9 Å². The molecule has 1 aromatic carbocycles. The van der Waals surface area contributed by atoms with E-state index < -0.39 is 12.1 Å². The Labute approximate surface area is 125 Å². The van der Waals surface area contributed by atoms with E-state index in [1.165, 1.54) is 0 Å². The Hall–Kier alpha value is -2.04. The number of carbonyl (C=O) groups excluding carboxylic acids is 2. The van der Waals surface area contributed by atoms with Crippen LogP contribution in [0.2, 0.25) is 0 Å². The molecular formula is C16H22N2O3. The molecule has 1 saturated heterocycles. The lowest BCUT2D eigenvalue weighted by Gasteiger charge is -2.38. The highest BCUT2D eigenvalue weighted by molar-refractivity contribution is 5.96. The summed E-state index contributed by atoms with van der Waals surface area (Å²) in [5.41, 5.74) is 0.913. The Balaban J connectivity index is 2.28. The van der Waals surface area contributed by atoms with Gasteiger partial charge in [-0.2, -0.15) is 0 Å². The van der Waals surface area contributed by atoms with Crippen LogP contribution in [0.1, 0.15) is 32.3 Å². The number of hydrogen-bond donors (Lipinski definition) is 1. The van der Waals surface area contributed by atoms with Gasteiger partial charge in [-0.05, 0) is 19.4 Å². The summed E-state index contributed by atoms with van der Waals surface area (Å²) in [6.45, 7) is 4.12. The zero-order valence-electron chi connectivity index (χ0n) is 12.8. The third-order valence-corrected chi connectivity index (χ3v) is 3.79. The van der Waals surface area contributed by atoms with Gasteiger partial charge >= 0.3 is 0 Å². The summed E-state index contributed by atoms with van der Waals surface area (Å²) < 4.78 is 5.33. The molecule has 0 aromatic heterocycles. The normalized spacial score (nSPS) is 22.1. The SMILES string of the molecule is CCCC1C(=O)NC(C)C(=O)N1Cc1ccccc1OC. The lowest BCUT2D eigenvalue weighted by atomic mass is 10.0. The molecule has 2 unspecified atom stereocenters. The number of amides is 2. The monoisotopic (exact) mass is 290 g/mol. The number of nitrogens with zero attached hydrogens (tertiary/aromatic N) is 1. The Morgan fingerprint density at radius 2 is 2.00 bits per heavy atom. The molecule has 114 valence electrons. The molecule has 1 heterocycles. The molecule has 5 nitrogen and oxygen atoms in total. The Bertz CT molecular complexity index is 530. The van der Waals surface area contributed by atoms with Crippen molar-refractivity contribution in [2.24, 2.45) is 0 Å². The van der Waals surface area contributed by atoms with Crippen LogP contribution in [-0.4, -0.2) is 35.9 Å². The average Bonchev–Trinajstić information content (AvgIpc) is 2.48. The first-order valence-electron chi connectivity index (χ1n) is 7.31. The summed E-state index contributed by atoms with van der Waals surface area (Å²) >= 11 is 0. The number of rotatable bonds is 5. The van der Waals surface area contributed by atoms with E-state index in [1.807, 2.05) is 31.2 Å². The molecule has 1 aliphatic heterocycles. The van der Waals surface area contributed by atoms with Gasteiger partial charge in [-0.25, -0.2) is 0 Å². The van der Waals surface area contributed by atoms with Crippen molar-refractivity contribution < 1.29 is 14.3 Å². The van der Waals surface area contributed by atoms with Crippen LogP contribution in [0.4, 0.5) is 0 Å². The maximum absolute atomic E-state index is 12.4.